The predicted molar refractivity (Wildman–Crippen MR) is 93.6 cm³/mol. The fourth-order valence-electron chi connectivity index (χ4n) is 3.83. The van der Waals surface area contributed by atoms with Gasteiger partial charge in [0.05, 0.1) is 16.8 Å². The summed E-state index contributed by atoms with van der Waals surface area (Å²) >= 11 is 0. The Balaban J connectivity index is 1.86. The van der Waals surface area contributed by atoms with E-state index in [4.69, 9.17) is 0 Å². The molecule has 2 aromatic rings. The van der Waals surface area contributed by atoms with E-state index < -0.39 is 23.7 Å². The van der Waals surface area contributed by atoms with Crippen LogP contribution in [0, 0.1) is 0 Å². The first-order valence-corrected chi connectivity index (χ1v) is 8.88. The number of amides is 3. The van der Waals surface area contributed by atoms with E-state index in [0.29, 0.717) is 10.9 Å². The molecule has 2 aliphatic rings. The first-order valence-electron chi connectivity index (χ1n) is 8.88. The highest BCUT2D eigenvalue weighted by Gasteiger charge is 2.34. The number of aromatic nitrogens is 1. The number of fused-ring (bicyclic) bond motifs is 1. The minimum Gasteiger partial charge on any atom is -0.344 e. The predicted octanol–water partition coefficient (Wildman–Crippen LogP) is 3.03. The second kappa shape index (κ2) is 6.56. The van der Waals surface area contributed by atoms with Crippen LogP contribution in [0.1, 0.15) is 30.9 Å². The maximum atomic E-state index is 13.5. The molecule has 0 unspecified atom stereocenters. The minimum absolute atomic E-state index is 0.0540. The molecule has 4 rings (SSSR count). The van der Waals surface area contributed by atoms with Crippen LogP contribution in [0.15, 0.2) is 24.4 Å². The molecule has 2 saturated heterocycles. The normalized spacial score (nSPS) is 19.6. The van der Waals surface area contributed by atoms with Gasteiger partial charge in [-0.25, -0.2) is 4.79 Å². The number of alkyl halides is 3. The van der Waals surface area contributed by atoms with Crippen molar-refractivity contribution >= 4 is 28.5 Å². The number of piperidine rings is 1. The van der Waals surface area contributed by atoms with Gasteiger partial charge in [-0.15, -0.1) is 0 Å². The van der Waals surface area contributed by atoms with Gasteiger partial charge in [0.2, 0.25) is 5.91 Å². The number of carbonyl (C=O) groups excluding carboxylic acids is 2. The van der Waals surface area contributed by atoms with Crippen molar-refractivity contribution in [2.24, 2.45) is 0 Å². The Morgan fingerprint density at radius 3 is 2.52 bits per heavy atom. The van der Waals surface area contributed by atoms with Gasteiger partial charge in [0, 0.05) is 30.6 Å². The number of halogens is 3. The summed E-state index contributed by atoms with van der Waals surface area (Å²) in [6.07, 6.45) is -1.04. The molecule has 2 aliphatic heterocycles. The molecule has 6 nitrogen and oxygen atoms in total. The molecule has 2 fully saturated rings. The van der Waals surface area contributed by atoms with Gasteiger partial charge in [-0.05, 0) is 44.1 Å². The van der Waals surface area contributed by atoms with Crippen molar-refractivity contribution in [2.75, 3.05) is 24.5 Å². The van der Waals surface area contributed by atoms with Gasteiger partial charge in [0.1, 0.15) is 0 Å². The van der Waals surface area contributed by atoms with Gasteiger partial charge < -0.3 is 9.88 Å². The van der Waals surface area contributed by atoms with Crippen LogP contribution in [-0.4, -0.2) is 36.1 Å². The fourth-order valence-corrected chi connectivity index (χ4v) is 3.83. The maximum absolute atomic E-state index is 13.5. The molecule has 0 saturated carbocycles. The van der Waals surface area contributed by atoms with E-state index in [-0.39, 0.29) is 24.7 Å². The molecule has 2 N–H and O–H groups in total. The molecule has 27 heavy (non-hydrogen) atoms. The zero-order valence-corrected chi connectivity index (χ0v) is 14.5. The molecular weight excluding hydrogens is 361 g/mol. The van der Waals surface area contributed by atoms with Crippen LogP contribution in [0.4, 0.5) is 23.7 Å². The number of benzene rings is 1. The summed E-state index contributed by atoms with van der Waals surface area (Å²) < 4.78 is 42.4. The third kappa shape index (κ3) is 3.27. The maximum Gasteiger partial charge on any atom is 0.416 e. The summed E-state index contributed by atoms with van der Waals surface area (Å²) in [6, 6.07) is 3.30. The summed E-state index contributed by atoms with van der Waals surface area (Å²) in [6.45, 7) is 1.68. The number of anilines is 1. The van der Waals surface area contributed by atoms with Crippen molar-refractivity contribution < 1.29 is 22.8 Å². The second-order valence-electron chi connectivity index (χ2n) is 6.89. The number of nitrogens with zero attached hydrogens (tertiary/aromatic N) is 2. The fraction of sp³-hybridized carbons (Fsp3) is 0.444. The molecule has 0 radical (unpaired) electrons. The summed E-state index contributed by atoms with van der Waals surface area (Å²) in [5.41, 5.74) is -0.169. The van der Waals surface area contributed by atoms with Crippen molar-refractivity contribution in [3.05, 3.63) is 30.0 Å². The first-order chi connectivity index (χ1) is 12.8. The van der Waals surface area contributed by atoms with Crippen LogP contribution >= 0.6 is 0 Å². The van der Waals surface area contributed by atoms with Crippen LogP contribution in [-0.2, 0) is 11.0 Å². The molecular formula is C18H19F3N4O2. The van der Waals surface area contributed by atoms with Crippen molar-refractivity contribution in [1.82, 2.24) is 15.2 Å². The van der Waals surface area contributed by atoms with Crippen LogP contribution < -0.4 is 15.5 Å². The van der Waals surface area contributed by atoms with E-state index in [1.165, 1.54) is 4.90 Å². The average Bonchev–Trinajstić information content (AvgIpc) is 3.05. The molecule has 144 valence electrons. The molecule has 0 aliphatic carbocycles. The number of hydrogen-bond acceptors (Lipinski definition) is 3. The van der Waals surface area contributed by atoms with Crippen LogP contribution in [0.3, 0.4) is 0 Å². The van der Waals surface area contributed by atoms with Gasteiger partial charge in [-0.3, -0.25) is 15.0 Å². The van der Waals surface area contributed by atoms with E-state index in [0.717, 1.165) is 38.1 Å². The standard InChI is InChI=1S/C18H19F3N4O2/c19-18(20,21)11-9-14-13(3-7-24(14)12-1-5-22-6-2-12)15(10-11)25-8-4-16(26)23-17(25)27/h3,7,9-10,12,22H,1-2,4-6,8H2,(H,23,26,27). The Bertz CT molecular complexity index is 900. The third-order valence-electron chi connectivity index (χ3n) is 5.19. The van der Waals surface area contributed by atoms with Gasteiger partial charge in [-0.2, -0.15) is 13.2 Å². The zero-order chi connectivity index (χ0) is 19.2. The van der Waals surface area contributed by atoms with Crippen molar-refractivity contribution in [3.8, 4) is 0 Å². The lowest BCUT2D eigenvalue weighted by Crippen LogP contribution is -2.49. The Labute approximate surface area is 153 Å². The van der Waals surface area contributed by atoms with Crippen molar-refractivity contribution in [3.63, 3.8) is 0 Å². The third-order valence-corrected chi connectivity index (χ3v) is 5.19. The number of hydrogen-bond donors (Lipinski definition) is 2. The molecule has 0 atom stereocenters. The molecule has 0 spiro atoms. The Hall–Kier alpha value is -2.55. The van der Waals surface area contributed by atoms with E-state index >= 15 is 0 Å². The molecule has 3 heterocycles. The number of urea groups is 1. The number of carbonyl (C=O) groups is 2. The second-order valence-corrected chi connectivity index (χ2v) is 6.89. The Morgan fingerprint density at radius 1 is 1.11 bits per heavy atom. The highest BCUT2D eigenvalue weighted by atomic mass is 19.4. The largest absolute Gasteiger partial charge is 0.416 e. The lowest BCUT2D eigenvalue weighted by molar-refractivity contribution is -0.137. The highest BCUT2D eigenvalue weighted by molar-refractivity contribution is 6.09. The smallest absolute Gasteiger partial charge is 0.344 e. The first kappa shape index (κ1) is 17.8. The monoisotopic (exact) mass is 380 g/mol. The Kier molecular flexibility index (Phi) is 4.33. The summed E-state index contributed by atoms with van der Waals surface area (Å²) in [5.74, 6) is -0.424. The van der Waals surface area contributed by atoms with Crippen molar-refractivity contribution in [2.45, 2.75) is 31.5 Å². The lowest BCUT2D eigenvalue weighted by Gasteiger charge is -2.29. The molecule has 1 aromatic carbocycles. The molecule has 1 aromatic heterocycles. The summed E-state index contributed by atoms with van der Waals surface area (Å²) in [4.78, 5) is 24.8. The van der Waals surface area contributed by atoms with Gasteiger partial charge in [0.15, 0.2) is 0 Å². The van der Waals surface area contributed by atoms with Crippen LogP contribution in [0.5, 0.6) is 0 Å². The van der Waals surface area contributed by atoms with Crippen LogP contribution in [0.25, 0.3) is 10.9 Å². The van der Waals surface area contributed by atoms with E-state index in [9.17, 15) is 22.8 Å². The minimum atomic E-state index is -4.53. The molecule has 0 bridgehead atoms. The van der Waals surface area contributed by atoms with Crippen LogP contribution in [0.2, 0.25) is 0 Å². The summed E-state index contributed by atoms with van der Waals surface area (Å²) in [5, 5.41) is 5.99. The molecule has 9 heteroatoms. The quantitative estimate of drug-likeness (QED) is 0.842. The topological polar surface area (TPSA) is 66.4 Å². The average molecular weight is 380 g/mol. The molecule has 3 amide bonds. The van der Waals surface area contributed by atoms with E-state index in [1.54, 1.807) is 12.3 Å². The highest BCUT2D eigenvalue weighted by Crippen LogP contribution is 2.39. The number of imide groups is 1. The van der Waals surface area contributed by atoms with Gasteiger partial charge >= 0.3 is 12.2 Å². The van der Waals surface area contributed by atoms with Gasteiger partial charge in [0.25, 0.3) is 0 Å². The van der Waals surface area contributed by atoms with E-state index in [2.05, 4.69) is 10.6 Å². The Morgan fingerprint density at radius 2 is 1.85 bits per heavy atom. The van der Waals surface area contributed by atoms with E-state index in [1.807, 2.05) is 4.57 Å². The number of nitrogens with one attached hydrogen (secondary N) is 2. The zero-order valence-electron chi connectivity index (χ0n) is 14.5. The summed E-state index contributed by atoms with van der Waals surface area (Å²) in [7, 11) is 0. The number of rotatable bonds is 2. The van der Waals surface area contributed by atoms with Crippen molar-refractivity contribution in [1.29, 1.82) is 0 Å². The lowest BCUT2D eigenvalue weighted by atomic mass is 10.1. The SMILES string of the molecule is O=C1CCN(c2cc(C(F)(F)F)cc3c2ccn3C2CCNCC2)C(=O)N1. The van der Waals surface area contributed by atoms with Gasteiger partial charge in [-0.1, -0.05) is 0 Å².